The lowest BCUT2D eigenvalue weighted by molar-refractivity contribution is 0.477. The molecule has 0 aliphatic heterocycles. The lowest BCUT2D eigenvalue weighted by Gasteiger charge is -2.10. The highest BCUT2D eigenvalue weighted by Gasteiger charge is 2.20. The molecule has 0 aromatic heterocycles. The number of rotatable bonds is 3. The molecule has 4 nitrogen and oxygen atoms in total. The van der Waals surface area contributed by atoms with Crippen molar-refractivity contribution in [3.05, 3.63) is 51.7 Å². The molecule has 0 spiro atoms. The van der Waals surface area contributed by atoms with E-state index in [9.17, 15) is 17.9 Å². The van der Waals surface area contributed by atoms with E-state index in [1.54, 1.807) is 0 Å². The van der Waals surface area contributed by atoms with Gasteiger partial charge in [0, 0.05) is 9.50 Å². The summed E-state index contributed by atoms with van der Waals surface area (Å²) in [7, 11) is -4.16. The van der Waals surface area contributed by atoms with E-state index in [1.165, 1.54) is 24.3 Å². The molecule has 0 radical (unpaired) electrons. The van der Waals surface area contributed by atoms with Crippen molar-refractivity contribution in [3.63, 3.8) is 0 Å². The minimum absolute atomic E-state index is 0.125. The van der Waals surface area contributed by atoms with Gasteiger partial charge < -0.3 is 5.11 Å². The molecule has 20 heavy (non-hydrogen) atoms. The summed E-state index contributed by atoms with van der Waals surface area (Å²) in [5, 5.41) is 9.80. The first kappa shape index (κ1) is 15.1. The zero-order valence-corrected chi connectivity index (χ0v) is 12.9. The van der Waals surface area contributed by atoms with Crippen LogP contribution in [0.3, 0.4) is 0 Å². The summed E-state index contributed by atoms with van der Waals surface area (Å²) in [5.41, 5.74) is -0.125. The van der Waals surface area contributed by atoms with Gasteiger partial charge in [0.1, 0.15) is 16.5 Å². The van der Waals surface area contributed by atoms with Gasteiger partial charge in [0.05, 0.1) is 5.69 Å². The Labute approximate surface area is 128 Å². The second-order valence-corrected chi connectivity index (χ2v) is 6.84. The van der Waals surface area contributed by atoms with Crippen molar-refractivity contribution in [1.82, 2.24) is 0 Å². The Bertz CT molecular complexity index is 767. The molecule has 0 fully saturated rings. The van der Waals surface area contributed by atoms with E-state index < -0.39 is 20.7 Å². The summed E-state index contributed by atoms with van der Waals surface area (Å²) in [5.74, 6) is -1.22. The molecular formula is C12H8BrClFNO3S. The fourth-order valence-corrected chi connectivity index (χ4v) is 3.11. The van der Waals surface area contributed by atoms with E-state index in [2.05, 4.69) is 20.7 Å². The van der Waals surface area contributed by atoms with Gasteiger partial charge in [-0.25, -0.2) is 12.8 Å². The Hall–Kier alpha value is -1.31. The van der Waals surface area contributed by atoms with Crippen LogP contribution in [0.2, 0.25) is 5.02 Å². The van der Waals surface area contributed by atoms with Crippen LogP contribution in [0.4, 0.5) is 10.1 Å². The van der Waals surface area contributed by atoms with E-state index in [0.717, 1.165) is 12.1 Å². The van der Waals surface area contributed by atoms with Crippen molar-refractivity contribution in [1.29, 1.82) is 0 Å². The third-order valence-corrected chi connectivity index (χ3v) is 4.51. The number of sulfonamides is 1. The van der Waals surface area contributed by atoms with Gasteiger partial charge in [-0.1, -0.05) is 27.5 Å². The maximum Gasteiger partial charge on any atom is 0.264 e. The van der Waals surface area contributed by atoms with Crippen LogP contribution < -0.4 is 4.72 Å². The Morgan fingerprint density at radius 2 is 1.90 bits per heavy atom. The molecule has 2 rings (SSSR count). The monoisotopic (exact) mass is 379 g/mol. The molecule has 0 saturated carbocycles. The summed E-state index contributed by atoms with van der Waals surface area (Å²) in [6, 6.07) is 7.41. The first-order valence-electron chi connectivity index (χ1n) is 5.26. The zero-order chi connectivity index (χ0) is 14.9. The standard InChI is InChI=1S/C12H8BrClFNO3S/c13-7-1-4-12(9(15)5-7)20(18,19)16-10-6-8(14)2-3-11(10)17/h1-6,16-17H. The van der Waals surface area contributed by atoms with Crippen molar-refractivity contribution < 1.29 is 17.9 Å². The molecule has 0 atom stereocenters. The number of anilines is 1. The molecule has 2 aromatic rings. The molecule has 0 heterocycles. The van der Waals surface area contributed by atoms with Gasteiger partial charge >= 0.3 is 0 Å². The average Bonchev–Trinajstić information content (AvgIpc) is 2.33. The van der Waals surface area contributed by atoms with Crippen LogP contribution in [0.25, 0.3) is 0 Å². The number of benzene rings is 2. The Balaban J connectivity index is 2.43. The Morgan fingerprint density at radius 1 is 1.20 bits per heavy atom. The summed E-state index contributed by atoms with van der Waals surface area (Å²) in [6.45, 7) is 0. The molecule has 0 amide bonds. The zero-order valence-electron chi connectivity index (χ0n) is 9.77. The third kappa shape index (κ3) is 3.23. The SMILES string of the molecule is O=S(=O)(Nc1cc(Cl)ccc1O)c1ccc(Br)cc1F. The van der Waals surface area contributed by atoms with Crippen molar-refractivity contribution in [2.75, 3.05) is 4.72 Å². The number of phenolic OH excluding ortho intramolecular Hbond substituents is 1. The van der Waals surface area contributed by atoms with Gasteiger partial charge in [-0.3, -0.25) is 4.72 Å². The van der Waals surface area contributed by atoms with Gasteiger partial charge in [0.25, 0.3) is 10.0 Å². The summed E-state index contributed by atoms with van der Waals surface area (Å²) in [4.78, 5) is -0.528. The van der Waals surface area contributed by atoms with Crippen molar-refractivity contribution >= 4 is 43.2 Å². The van der Waals surface area contributed by atoms with Gasteiger partial charge in [-0.05, 0) is 36.4 Å². The highest BCUT2D eigenvalue weighted by molar-refractivity contribution is 9.10. The van der Waals surface area contributed by atoms with Crippen LogP contribution in [-0.2, 0) is 10.0 Å². The van der Waals surface area contributed by atoms with E-state index in [-0.39, 0.29) is 16.5 Å². The average molecular weight is 381 g/mol. The van der Waals surface area contributed by atoms with E-state index in [0.29, 0.717) is 4.47 Å². The summed E-state index contributed by atoms with van der Waals surface area (Å²) >= 11 is 8.76. The molecular weight excluding hydrogens is 373 g/mol. The third-order valence-electron chi connectivity index (χ3n) is 2.39. The Morgan fingerprint density at radius 3 is 2.55 bits per heavy atom. The lowest BCUT2D eigenvalue weighted by atomic mass is 10.3. The van der Waals surface area contributed by atoms with Crippen LogP contribution >= 0.6 is 27.5 Å². The van der Waals surface area contributed by atoms with Crippen LogP contribution in [-0.4, -0.2) is 13.5 Å². The first-order chi connectivity index (χ1) is 9.29. The van der Waals surface area contributed by atoms with Crippen molar-refractivity contribution in [3.8, 4) is 5.75 Å². The smallest absolute Gasteiger partial charge is 0.264 e. The lowest BCUT2D eigenvalue weighted by Crippen LogP contribution is -2.14. The predicted molar refractivity (Wildman–Crippen MR) is 78.0 cm³/mol. The number of hydrogen-bond donors (Lipinski definition) is 2. The molecule has 0 bridgehead atoms. The summed E-state index contributed by atoms with van der Waals surface area (Å²) in [6.07, 6.45) is 0. The topological polar surface area (TPSA) is 66.4 Å². The van der Waals surface area contributed by atoms with Crippen molar-refractivity contribution in [2.45, 2.75) is 4.90 Å². The molecule has 2 N–H and O–H groups in total. The number of aromatic hydroxyl groups is 1. The maximum atomic E-state index is 13.7. The highest BCUT2D eigenvalue weighted by Crippen LogP contribution is 2.29. The largest absolute Gasteiger partial charge is 0.506 e. The van der Waals surface area contributed by atoms with Crippen LogP contribution in [0.1, 0.15) is 0 Å². The minimum Gasteiger partial charge on any atom is -0.506 e. The van der Waals surface area contributed by atoms with Crippen LogP contribution in [0.5, 0.6) is 5.75 Å². The number of hydrogen-bond acceptors (Lipinski definition) is 3. The molecule has 0 aliphatic carbocycles. The van der Waals surface area contributed by atoms with Gasteiger partial charge in [-0.2, -0.15) is 0 Å². The van der Waals surface area contributed by atoms with Gasteiger partial charge in [0.2, 0.25) is 0 Å². The highest BCUT2D eigenvalue weighted by atomic mass is 79.9. The number of halogens is 3. The molecule has 0 aliphatic rings. The minimum atomic E-state index is -4.16. The fraction of sp³-hybridized carbons (Fsp3) is 0. The van der Waals surface area contributed by atoms with E-state index >= 15 is 0 Å². The first-order valence-corrected chi connectivity index (χ1v) is 7.91. The van der Waals surface area contributed by atoms with Crippen LogP contribution in [0, 0.1) is 5.82 Å². The van der Waals surface area contributed by atoms with Crippen molar-refractivity contribution in [2.24, 2.45) is 0 Å². The molecule has 106 valence electrons. The maximum absolute atomic E-state index is 13.7. The quantitative estimate of drug-likeness (QED) is 0.797. The molecule has 8 heteroatoms. The second kappa shape index (κ2) is 5.59. The molecule has 2 aromatic carbocycles. The number of phenols is 1. The fourth-order valence-electron chi connectivity index (χ4n) is 1.48. The second-order valence-electron chi connectivity index (χ2n) is 3.84. The van der Waals surface area contributed by atoms with Crippen LogP contribution in [0.15, 0.2) is 45.8 Å². The predicted octanol–water partition coefficient (Wildman–Crippen LogP) is 3.75. The molecule has 0 unspecified atom stereocenters. The van der Waals surface area contributed by atoms with E-state index in [1.807, 2.05) is 0 Å². The Kier molecular flexibility index (Phi) is 4.22. The number of nitrogens with one attached hydrogen (secondary N) is 1. The summed E-state index contributed by atoms with van der Waals surface area (Å²) < 4.78 is 40.3. The normalized spacial score (nSPS) is 11.3. The van der Waals surface area contributed by atoms with Gasteiger partial charge in [0.15, 0.2) is 0 Å². The molecule has 0 saturated heterocycles. The van der Waals surface area contributed by atoms with Gasteiger partial charge in [-0.15, -0.1) is 0 Å². The van der Waals surface area contributed by atoms with E-state index in [4.69, 9.17) is 11.6 Å².